The van der Waals surface area contributed by atoms with Gasteiger partial charge in [0.2, 0.25) is 0 Å². The number of carboxylic acid groups (broad SMARTS) is 2. The Hall–Kier alpha value is -2.20. The molecular formula is C26H28Al2O5. The highest BCUT2D eigenvalue weighted by Gasteiger charge is 2.12. The highest BCUT2D eigenvalue weighted by Crippen LogP contribution is 2.26. The number of hydrogen-bond donors (Lipinski definition) is 2. The molecule has 0 saturated heterocycles. The largest absolute Gasteiger partial charge is 0.493 e. The van der Waals surface area contributed by atoms with E-state index in [0.29, 0.717) is 25.2 Å². The molecule has 2 rings (SSSR count). The second-order valence-electron chi connectivity index (χ2n) is 7.88. The second kappa shape index (κ2) is 14.9. The zero-order chi connectivity index (χ0) is 24.1. The van der Waals surface area contributed by atoms with Crippen molar-refractivity contribution in [1.29, 1.82) is 0 Å². The summed E-state index contributed by atoms with van der Waals surface area (Å²) in [4.78, 5) is 21.8. The van der Waals surface area contributed by atoms with Crippen LogP contribution in [0.25, 0.3) is 0 Å². The Morgan fingerprint density at radius 3 is 2.30 bits per heavy atom. The fourth-order valence-electron chi connectivity index (χ4n) is 3.52. The smallest absolute Gasteiger partial charge is 0.303 e. The maximum Gasteiger partial charge on any atom is 0.303 e. The van der Waals surface area contributed by atoms with Crippen molar-refractivity contribution in [3.8, 4) is 17.6 Å². The molecule has 0 fully saturated rings. The first-order valence-electron chi connectivity index (χ1n) is 11.2. The van der Waals surface area contributed by atoms with Crippen molar-refractivity contribution >= 4 is 53.4 Å². The number of carboxylic acids is 2. The van der Waals surface area contributed by atoms with Gasteiger partial charge in [-0.25, -0.2) is 0 Å². The summed E-state index contributed by atoms with van der Waals surface area (Å²) in [5, 5.41) is 17.9. The van der Waals surface area contributed by atoms with E-state index in [-0.39, 0.29) is 12.8 Å². The van der Waals surface area contributed by atoms with Gasteiger partial charge in [0.1, 0.15) is 5.75 Å². The summed E-state index contributed by atoms with van der Waals surface area (Å²) in [5.74, 6) is 5.44. The molecule has 7 heteroatoms. The van der Waals surface area contributed by atoms with Crippen LogP contribution in [0.1, 0.15) is 61.6 Å². The lowest BCUT2D eigenvalue weighted by Gasteiger charge is -2.15. The van der Waals surface area contributed by atoms with Gasteiger partial charge in [0.15, 0.2) is 32.6 Å². The van der Waals surface area contributed by atoms with Crippen molar-refractivity contribution in [3.63, 3.8) is 0 Å². The summed E-state index contributed by atoms with van der Waals surface area (Å²) < 4.78 is 8.05. The quantitative estimate of drug-likeness (QED) is 0.265. The van der Waals surface area contributed by atoms with Crippen molar-refractivity contribution in [2.45, 2.75) is 57.8 Å². The SMILES string of the molecule is O=C(O)CCCOc1cccc(CCCCCC#Cc2c[c]([Al])c[c]([Al])c2)c1CCC(=O)O. The van der Waals surface area contributed by atoms with Gasteiger partial charge >= 0.3 is 11.9 Å². The summed E-state index contributed by atoms with van der Waals surface area (Å²) in [5.41, 5.74) is 3.04. The van der Waals surface area contributed by atoms with Crippen LogP contribution in [0.3, 0.4) is 0 Å². The number of unbranched alkanes of at least 4 members (excludes halogenated alkanes) is 3. The second-order valence-corrected chi connectivity index (χ2v) is 9.22. The standard InChI is InChI=1S/C26H28O5.2Al/c27-25(28)17-10-20-31-24-16-9-15-22(23(24)18-19-26(29)30)14-8-3-1-2-5-11-21-12-6-4-7-13-21;;/h4,9,12-13,15-16H,1-3,8,10,14,17-20H2,(H,27,28)(H,29,30);;. The summed E-state index contributed by atoms with van der Waals surface area (Å²) >= 11 is 5.40. The molecule has 2 N–H and O–H groups in total. The van der Waals surface area contributed by atoms with Gasteiger partial charge in [-0.05, 0) is 49.3 Å². The summed E-state index contributed by atoms with van der Waals surface area (Å²) in [6, 6.07) is 12.0. The first-order valence-corrected chi connectivity index (χ1v) is 12.3. The van der Waals surface area contributed by atoms with Crippen molar-refractivity contribution in [2.75, 3.05) is 6.61 Å². The molecule has 0 saturated carbocycles. The van der Waals surface area contributed by atoms with Crippen LogP contribution in [-0.4, -0.2) is 61.3 Å². The van der Waals surface area contributed by atoms with E-state index in [9.17, 15) is 9.59 Å². The van der Waals surface area contributed by atoms with Crippen molar-refractivity contribution in [3.05, 3.63) is 53.1 Å². The molecule has 0 amide bonds. The van der Waals surface area contributed by atoms with E-state index in [1.165, 1.54) is 0 Å². The number of rotatable bonds is 13. The van der Waals surface area contributed by atoms with Crippen LogP contribution in [0.15, 0.2) is 36.4 Å². The third-order valence-corrected chi connectivity index (χ3v) is 5.74. The molecule has 0 bridgehead atoms. The van der Waals surface area contributed by atoms with Crippen molar-refractivity contribution in [2.24, 2.45) is 0 Å². The minimum absolute atomic E-state index is 0.0353. The fraction of sp³-hybridized carbons (Fsp3) is 0.385. The van der Waals surface area contributed by atoms with Crippen LogP contribution in [-0.2, 0) is 22.4 Å². The lowest BCUT2D eigenvalue weighted by molar-refractivity contribution is -0.138. The maximum absolute atomic E-state index is 11.1. The van der Waals surface area contributed by atoms with Crippen molar-refractivity contribution < 1.29 is 24.5 Å². The normalized spacial score (nSPS) is 10.3. The zero-order valence-corrected chi connectivity index (χ0v) is 21.1. The predicted octanol–water partition coefficient (Wildman–Crippen LogP) is 2.69. The van der Waals surface area contributed by atoms with Crippen LogP contribution in [0.2, 0.25) is 0 Å². The lowest BCUT2D eigenvalue weighted by atomic mass is 9.97. The Labute approximate surface area is 212 Å². The lowest BCUT2D eigenvalue weighted by Crippen LogP contribution is -2.13. The average molecular weight is 474 g/mol. The molecule has 0 unspecified atom stereocenters. The van der Waals surface area contributed by atoms with Gasteiger partial charge < -0.3 is 14.9 Å². The van der Waals surface area contributed by atoms with Crippen LogP contribution in [0.4, 0.5) is 0 Å². The van der Waals surface area contributed by atoms with E-state index < -0.39 is 11.9 Å². The van der Waals surface area contributed by atoms with Gasteiger partial charge in [-0.15, -0.1) is 8.85 Å². The van der Waals surface area contributed by atoms with Gasteiger partial charge in [0.05, 0.1) is 6.61 Å². The molecule has 0 aliphatic carbocycles. The van der Waals surface area contributed by atoms with E-state index in [1.807, 2.05) is 18.2 Å². The highest BCUT2D eigenvalue weighted by atomic mass is 27.1. The minimum Gasteiger partial charge on any atom is -0.493 e. The van der Waals surface area contributed by atoms with Crippen LogP contribution in [0, 0.1) is 11.8 Å². The molecule has 0 aliphatic heterocycles. The van der Waals surface area contributed by atoms with Crippen LogP contribution >= 0.6 is 0 Å². The van der Waals surface area contributed by atoms with Gasteiger partial charge in [0, 0.05) is 24.8 Å². The predicted molar refractivity (Wildman–Crippen MR) is 131 cm³/mol. The van der Waals surface area contributed by atoms with E-state index in [2.05, 4.69) is 62.6 Å². The molecule has 168 valence electrons. The van der Waals surface area contributed by atoms with Crippen LogP contribution < -0.4 is 13.6 Å². The van der Waals surface area contributed by atoms with E-state index >= 15 is 0 Å². The number of aliphatic carboxylic acids is 2. The van der Waals surface area contributed by atoms with E-state index in [1.54, 1.807) is 0 Å². The van der Waals surface area contributed by atoms with Gasteiger partial charge in [-0.1, -0.05) is 48.6 Å². The van der Waals surface area contributed by atoms with Crippen molar-refractivity contribution in [1.82, 2.24) is 0 Å². The maximum atomic E-state index is 11.1. The Balaban J connectivity index is 1.87. The molecule has 0 atom stereocenters. The molecular weight excluding hydrogens is 446 g/mol. The summed E-state index contributed by atoms with van der Waals surface area (Å²) in [6.45, 7) is 0.298. The monoisotopic (exact) mass is 474 g/mol. The minimum atomic E-state index is -0.852. The molecule has 2 aromatic rings. The molecule has 0 spiro atoms. The number of carbonyl (C=O) groups is 2. The van der Waals surface area contributed by atoms with Crippen LogP contribution in [0.5, 0.6) is 5.75 Å². The topological polar surface area (TPSA) is 83.8 Å². The molecule has 2 aromatic carbocycles. The number of benzene rings is 2. The van der Waals surface area contributed by atoms with Gasteiger partial charge in [0.25, 0.3) is 0 Å². The Kier molecular flexibility index (Phi) is 12.2. The number of aryl methyl sites for hydroxylation is 1. The molecule has 33 heavy (non-hydrogen) atoms. The molecule has 0 aliphatic rings. The summed E-state index contributed by atoms with van der Waals surface area (Å²) in [7, 11) is 0. The molecule has 4 radical (unpaired) electrons. The number of hydrogen-bond acceptors (Lipinski definition) is 3. The zero-order valence-electron chi connectivity index (χ0n) is 18.8. The Morgan fingerprint density at radius 2 is 1.61 bits per heavy atom. The Bertz CT molecular complexity index is 987. The third-order valence-electron chi connectivity index (χ3n) is 5.07. The first-order chi connectivity index (χ1) is 15.8. The van der Waals surface area contributed by atoms with Gasteiger partial charge in [-0.3, -0.25) is 9.59 Å². The highest BCUT2D eigenvalue weighted by molar-refractivity contribution is 6.38. The molecule has 0 heterocycles. The fourth-order valence-corrected chi connectivity index (χ4v) is 4.46. The van der Waals surface area contributed by atoms with E-state index in [0.717, 1.165) is 57.6 Å². The first kappa shape index (κ1) is 27.1. The van der Waals surface area contributed by atoms with Gasteiger partial charge in [-0.2, -0.15) is 0 Å². The molecule has 0 aromatic heterocycles. The summed E-state index contributed by atoms with van der Waals surface area (Å²) in [6.07, 6.45) is 5.62. The number of ether oxygens (including phenoxy) is 1. The van der Waals surface area contributed by atoms with E-state index in [4.69, 9.17) is 14.9 Å². The average Bonchev–Trinajstić information content (AvgIpc) is 2.74. The Morgan fingerprint density at radius 1 is 0.879 bits per heavy atom. The third kappa shape index (κ3) is 11.0. The molecule has 5 nitrogen and oxygen atoms in total.